The molecule has 1 rings (SSSR count). The summed E-state index contributed by atoms with van der Waals surface area (Å²) in [6, 6.07) is 3.76. The van der Waals surface area contributed by atoms with Crippen LogP contribution in [0.4, 0.5) is 0 Å². The first-order chi connectivity index (χ1) is 10.5. The van der Waals surface area contributed by atoms with Crippen LogP contribution in [-0.2, 0) is 16.1 Å². The van der Waals surface area contributed by atoms with Crippen LogP contribution in [0.3, 0.4) is 0 Å². The van der Waals surface area contributed by atoms with Crippen LogP contribution in [0.25, 0.3) is 0 Å². The molecule has 0 aromatic carbocycles. The molecule has 122 valence electrons. The largest absolute Gasteiger partial charge is 0.356 e. The van der Waals surface area contributed by atoms with Gasteiger partial charge in [-0.2, -0.15) is 0 Å². The molecular weight excluding hydrogens is 280 g/mol. The molecule has 0 saturated heterocycles. The number of carbonyl (C=O) groups excluding carboxylic acids is 2. The van der Waals surface area contributed by atoms with Crippen molar-refractivity contribution in [1.82, 2.24) is 20.1 Å². The van der Waals surface area contributed by atoms with Gasteiger partial charge in [-0.25, -0.2) is 0 Å². The number of hydrogen-bond acceptors (Lipinski definition) is 4. The monoisotopic (exact) mass is 306 g/mol. The lowest BCUT2D eigenvalue weighted by molar-refractivity contribution is -0.130. The van der Waals surface area contributed by atoms with Crippen molar-refractivity contribution in [3.8, 4) is 0 Å². The fraction of sp³-hybridized carbons (Fsp3) is 0.562. The minimum absolute atomic E-state index is 0.0174. The van der Waals surface area contributed by atoms with E-state index in [1.807, 2.05) is 26.2 Å². The summed E-state index contributed by atoms with van der Waals surface area (Å²) < 4.78 is 0. The zero-order chi connectivity index (χ0) is 16.4. The predicted molar refractivity (Wildman–Crippen MR) is 86.1 cm³/mol. The Morgan fingerprint density at radius 1 is 1.27 bits per heavy atom. The second kappa shape index (κ2) is 9.89. The highest BCUT2D eigenvalue weighted by molar-refractivity contribution is 5.77. The Bertz CT molecular complexity index is 462. The Morgan fingerprint density at radius 2 is 2.05 bits per heavy atom. The van der Waals surface area contributed by atoms with E-state index in [0.29, 0.717) is 26.1 Å². The van der Waals surface area contributed by atoms with E-state index in [1.54, 1.807) is 17.3 Å². The van der Waals surface area contributed by atoms with Crippen LogP contribution in [0.2, 0.25) is 0 Å². The average molecular weight is 306 g/mol. The smallest absolute Gasteiger partial charge is 0.221 e. The fourth-order valence-electron chi connectivity index (χ4n) is 2.01. The maximum atomic E-state index is 11.8. The van der Waals surface area contributed by atoms with Gasteiger partial charge >= 0.3 is 0 Å². The first-order valence-electron chi connectivity index (χ1n) is 7.55. The molecular formula is C16H26N4O2. The van der Waals surface area contributed by atoms with E-state index in [-0.39, 0.29) is 11.8 Å². The van der Waals surface area contributed by atoms with E-state index < -0.39 is 0 Å². The molecule has 0 aliphatic rings. The molecule has 2 amide bonds. The van der Waals surface area contributed by atoms with E-state index >= 15 is 0 Å². The van der Waals surface area contributed by atoms with Crippen LogP contribution in [0.5, 0.6) is 0 Å². The van der Waals surface area contributed by atoms with Crippen LogP contribution in [-0.4, -0.2) is 60.3 Å². The highest BCUT2D eigenvalue weighted by Crippen LogP contribution is 2.04. The number of pyridine rings is 1. The van der Waals surface area contributed by atoms with Crippen LogP contribution < -0.4 is 5.32 Å². The van der Waals surface area contributed by atoms with Crippen LogP contribution in [0.15, 0.2) is 24.5 Å². The SMILES string of the molecule is CC(=O)N(CCC(=O)NCCCN(C)C)Cc1cccnc1. The van der Waals surface area contributed by atoms with Gasteiger partial charge in [0.25, 0.3) is 0 Å². The normalized spacial score (nSPS) is 10.5. The van der Waals surface area contributed by atoms with Gasteiger partial charge in [0.15, 0.2) is 0 Å². The Morgan fingerprint density at radius 3 is 2.64 bits per heavy atom. The molecule has 6 heteroatoms. The lowest BCUT2D eigenvalue weighted by atomic mass is 10.2. The Labute approximate surface area is 132 Å². The number of rotatable bonds is 9. The van der Waals surface area contributed by atoms with E-state index in [2.05, 4.69) is 15.2 Å². The molecule has 0 atom stereocenters. The van der Waals surface area contributed by atoms with Crippen molar-refractivity contribution in [2.45, 2.75) is 26.3 Å². The van der Waals surface area contributed by atoms with Crippen molar-refractivity contribution in [2.24, 2.45) is 0 Å². The number of hydrogen-bond donors (Lipinski definition) is 1. The summed E-state index contributed by atoms with van der Waals surface area (Å²) in [5.74, 6) is -0.0551. The molecule has 6 nitrogen and oxygen atoms in total. The van der Waals surface area contributed by atoms with Crippen LogP contribution in [0.1, 0.15) is 25.3 Å². The molecule has 0 bridgehead atoms. The summed E-state index contributed by atoms with van der Waals surface area (Å²) in [5.41, 5.74) is 0.962. The molecule has 1 N–H and O–H groups in total. The number of nitrogens with zero attached hydrogens (tertiary/aromatic N) is 3. The van der Waals surface area contributed by atoms with Gasteiger partial charge in [0, 0.05) is 45.4 Å². The summed E-state index contributed by atoms with van der Waals surface area (Å²) in [6.45, 7) is 4.03. The minimum atomic E-state index is -0.0377. The number of carbonyl (C=O) groups is 2. The predicted octanol–water partition coefficient (Wildman–Crippen LogP) is 0.888. The lowest BCUT2D eigenvalue weighted by Crippen LogP contribution is -2.34. The maximum Gasteiger partial charge on any atom is 0.221 e. The van der Waals surface area contributed by atoms with E-state index in [1.165, 1.54) is 6.92 Å². The van der Waals surface area contributed by atoms with E-state index in [4.69, 9.17) is 0 Å². The third kappa shape index (κ3) is 7.73. The van der Waals surface area contributed by atoms with Crippen LogP contribution in [0, 0.1) is 0 Å². The van der Waals surface area contributed by atoms with Gasteiger partial charge in [-0.3, -0.25) is 14.6 Å². The zero-order valence-electron chi connectivity index (χ0n) is 13.7. The van der Waals surface area contributed by atoms with Crippen molar-refractivity contribution < 1.29 is 9.59 Å². The maximum absolute atomic E-state index is 11.8. The van der Waals surface area contributed by atoms with E-state index in [0.717, 1.165) is 18.5 Å². The number of aromatic nitrogens is 1. The molecule has 22 heavy (non-hydrogen) atoms. The summed E-state index contributed by atoms with van der Waals surface area (Å²) in [5, 5.41) is 2.88. The van der Waals surface area contributed by atoms with Gasteiger partial charge in [-0.1, -0.05) is 6.07 Å². The first-order valence-corrected chi connectivity index (χ1v) is 7.55. The summed E-state index contributed by atoms with van der Waals surface area (Å²) in [4.78, 5) is 31.2. The Hall–Kier alpha value is -1.95. The average Bonchev–Trinajstić information content (AvgIpc) is 2.48. The van der Waals surface area contributed by atoms with Gasteiger partial charge in [-0.15, -0.1) is 0 Å². The molecule has 0 aliphatic heterocycles. The van der Waals surface area contributed by atoms with Gasteiger partial charge in [0.2, 0.25) is 11.8 Å². The second-order valence-corrected chi connectivity index (χ2v) is 5.56. The van der Waals surface area contributed by atoms with Gasteiger partial charge < -0.3 is 15.1 Å². The third-order valence-electron chi connectivity index (χ3n) is 3.25. The van der Waals surface area contributed by atoms with Crippen molar-refractivity contribution in [2.75, 3.05) is 33.7 Å². The lowest BCUT2D eigenvalue weighted by Gasteiger charge is -2.20. The van der Waals surface area contributed by atoms with Gasteiger partial charge in [-0.05, 0) is 38.7 Å². The first kappa shape index (κ1) is 18.1. The van der Waals surface area contributed by atoms with E-state index in [9.17, 15) is 9.59 Å². The molecule has 0 radical (unpaired) electrons. The van der Waals surface area contributed by atoms with Crippen molar-refractivity contribution in [1.29, 1.82) is 0 Å². The van der Waals surface area contributed by atoms with Crippen LogP contribution >= 0.6 is 0 Å². The third-order valence-corrected chi connectivity index (χ3v) is 3.25. The molecule has 1 aromatic rings. The quantitative estimate of drug-likeness (QED) is 0.688. The highest BCUT2D eigenvalue weighted by atomic mass is 16.2. The van der Waals surface area contributed by atoms with Crippen molar-refractivity contribution in [3.05, 3.63) is 30.1 Å². The van der Waals surface area contributed by atoms with Crippen molar-refractivity contribution >= 4 is 11.8 Å². The number of amides is 2. The summed E-state index contributed by atoms with van der Waals surface area (Å²) in [7, 11) is 4.01. The van der Waals surface area contributed by atoms with Crippen molar-refractivity contribution in [3.63, 3.8) is 0 Å². The minimum Gasteiger partial charge on any atom is -0.356 e. The fourth-order valence-corrected chi connectivity index (χ4v) is 2.01. The molecule has 0 saturated carbocycles. The molecule has 1 aromatic heterocycles. The van der Waals surface area contributed by atoms with Gasteiger partial charge in [0.05, 0.1) is 0 Å². The Kier molecular flexibility index (Phi) is 8.14. The standard InChI is InChI=1S/C16H26N4O2/c1-14(21)20(13-15-6-4-8-17-12-15)11-7-16(22)18-9-5-10-19(2)3/h4,6,8,12H,5,7,9-11,13H2,1-3H3,(H,18,22). The molecule has 1 heterocycles. The second-order valence-electron chi connectivity index (χ2n) is 5.56. The summed E-state index contributed by atoms with van der Waals surface area (Å²) in [6.07, 6.45) is 4.67. The molecule has 0 fully saturated rings. The molecule has 0 aliphatic carbocycles. The molecule has 0 spiro atoms. The zero-order valence-corrected chi connectivity index (χ0v) is 13.7. The Balaban J connectivity index is 2.32. The highest BCUT2D eigenvalue weighted by Gasteiger charge is 2.11. The molecule has 0 unspecified atom stereocenters. The van der Waals surface area contributed by atoms with Gasteiger partial charge in [0.1, 0.15) is 0 Å². The topological polar surface area (TPSA) is 65.5 Å². The number of nitrogens with one attached hydrogen (secondary N) is 1. The summed E-state index contributed by atoms with van der Waals surface area (Å²) >= 11 is 0.